The van der Waals surface area contributed by atoms with Gasteiger partial charge in [0.2, 0.25) is 0 Å². The van der Waals surface area contributed by atoms with E-state index in [2.05, 4.69) is 32.0 Å². The molecule has 0 bridgehead atoms. The summed E-state index contributed by atoms with van der Waals surface area (Å²) in [5.41, 5.74) is 3.37. The summed E-state index contributed by atoms with van der Waals surface area (Å²) < 4.78 is 0. The molecule has 0 saturated heterocycles. The molecule has 0 unspecified atom stereocenters. The lowest BCUT2D eigenvalue weighted by Crippen LogP contribution is -1.99. The Hall–Kier alpha value is -1.63. The summed E-state index contributed by atoms with van der Waals surface area (Å²) in [7, 11) is 0. The first-order valence-corrected chi connectivity index (χ1v) is 5.80. The number of fused-ring (bicyclic) bond motifs is 1. The molecular weight excluding hydrogens is 196 g/mol. The van der Waals surface area contributed by atoms with E-state index >= 15 is 0 Å². The number of benzene rings is 2. The Morgan fingerprint density at radius 1 is 1.06 bits per heavy atom. The quantitative estimate of drug-likeness (QED) is 0.708. The zero-order valence-corrected chi connectivity index (χ0v) is 9.79. The van der Waals surface area contributed by atoms with Crippen LogP contribution in [0.25, 0.3) is 10.8 Å². The third kappa shape index (κ3) is 1.63. The van der Waals surface area contributed by atoms with Gasteiger partial charge < -0.3 is 0 Å². The number of hydrogen-bond donors (Lipinski definition) is 0. The number of hydrogen-bond acceptors (Lipinski definition) is 1. The van der Waals surface area contributed by atoms with Crippen molar-refractivity contribution in [3.8, 4) is 0 Å². The highest BCUT2D eigenvalue weighted by atomic mass is 16.1. The zero-order chi connectivity index (χ0) is 11.5. The van der Waals surface area contributed by atoms with Crippen LogP contribution >= 0.6 is 0 Å². The molecule has 0 amide bonds. The second-order valence-electron chi connectivity index (χ2n) is 3.97. The van der Waals surface area contributed by atoms with Crippen molar-refractivity contribution in [1.29, 1.82) is 0 Å². The van der Waals surface area contributed by atoms with Crippen LogP contribution in [0.5, 0.6) is 0 Å². The van der Waals surface area contributed by atoms with Crippen LogP contribution in [0, 0.1) is 0 Å². The lowest BCUT2D eigenvalue weighted by Gasteiger charge is -2.12. The summed E-state index contributed by atoms with van der Waals surface area (Å²) in [5.74, 6) is 0. The van der Waals surface area contributed by atoms with Gasteiger partial charge in [0, 0.05) is 5.56 Å². The summed E-state index contributed by atoms with van der Waals surface area (Å²) in [6.45, 7) is 4.26. The first-order chi connectivity index (χ1) is 7.81. The third-order valence-corrected chi connectivity index (χ3v) is 3.14. The van der Waals surface area contributed by atoms with Crippen LogP contribution in [0.15, 0.2) is 30.3 Å². The van der Waals surface area contributed by atoms with E-state index in [-0.39, 0.29) is 0 Å². The number of aryl methyl sites for hydroxylation is 1. The number of carbonyl (C=O) groups is 1. The molecule has 0 fully saturated rings. The van der Waals surface area contributed by atoms with Crippen molar-refractivity contribution in [1.82, 2.24) is 0 Å². The molecule has 2 aromatic carbocycles. The van der Waals surface area contributed by atoms with Gasteiger partial charge in [-0.2, -0.15) is 0 Å². The fourth-order valence-corrected chi connectivity index (χ4v) is 2.42. The van der Waals surface area contributed by atoms with Crippen molar-refractivity contribution in [3.63, 3.8) is 0 Å². The largest absolute Gasteiger partial charge is 0.298 e. The van der Waals surface area contributed by atoms with Gasteiger partial charge in [0.05, 0.1) is 0 Å². The molecule has 16 heavy (non-hydrogen) atoms. The molecule has 0 aliphatic rings. The zero-order valence-electron chi connectivity index (χ0n) is 9.79. The molecule has 0 aromatic heterocycles. The molecule has 82 valence electrons. The van der Waals surface area contributed by atoms with Crippen molar-refractivity contribution in [3.05, 3.63) is 47.0 Å². The molecule has 2 rings (SSSR count). The van der Waals surface area contributed by atoms with E-state index in [1.165, 1.54) is 21.9 Å². The normalized spacial score (nSPS) is 10.6. The Labute approximate surface area is 96.1 Å². The smallest absolute Gasteiger partial charge is 0.150 e. The molecule has 0 heterocycles. The lowest BCUT2D eigenvalue weighted by molar-refractivity contribution is 0.112. The van der Waals surface area contributed by atoms with Gasteiger partial charge in [-0.1, -0.05) is 38.1 Å². The molecule has 1 heteroatoms. The van der Waals surface area contributed by atoms with Crippen molar-refractivity contribution in [2.75, 3.05) is 0 Å². The van der Waals surface area contributed by atoms with E-state index in [0.29, 0.717) is 0 Å². The van der Waals surface area contributed by atoms with Gasteiger partial charge >= 0.3 is 0 Å². The van der Waals surface area contributed by atoms with E-state index in [4.69, 9.17) is 0 Å². The summed E-state index contributed by atoms with van der Waals surface area (Å²) in [6.07, 6.45) is 2.87. The summed E-state index contributed by atoms with van der Waals surface area (Å²) in [6, 6.07) is 10.3. The molecule has 2 aromatic rings. The molecule has 0 saturated carbocycles. The molecule has 1 nitrogen and oxygen atoms in total. The van der Waals surface area contributed by atoms with E-state index in [0.717, 1.165) is 24.7 Å². The lowest BCUT2D eigenvalue weighted by atomic mass is 9.92. The van der Waals surface area contributed by atoms with Crippen LogP contribution in [-0.4, -0.2) is 6.29 Å². The maximum Gasteiger partial charge on any atom is 0.150 e. The standard InChI is InChI=1S/C15H16O/c1-3-13-12(10-16)9-11-7-5-6-8-15(11)14(13)4-2/h5-10H,3-4H2,1-2H3. The summed E-state index contributed by atoms with van der Waals surface area (Å²) in [5, 5.41) is 2.45. The Morgan fingerprint density at radius 3 is 2.38 bits per heavy atom. The van der Waals surface area contributed by atoms with Crippen LogP contribution < -0.4 is 0 Å². The molecule has 0 aliphatic heterocycles. The Morgan fingerprint density at radius 2 is 1.75 bits per heavy atom. The van der Waals surface area contributed by atoms with Crippen LogP contribution in [0.1, 0.15) is 35.3 Å². The second-order valence-corrected chi connectivity index (χ2v) is 3.97. The highest BCUT2D eigenvalue weighted by Gasteiger charge is 2.09. The topological polar surface area (TPSA) is 17.1 Å². The van der Waals surface area contributed by atoms with Crippen molar-refractivity contribution in [2.24, 2.45) is 0 Å². The van der Waals surface area contributed by atoms with Crippen molar-refractivity contribution >= 4 is 17.1 Å². The van der Waals surface area contributed by atoms with Crippen LogP contribution in [0.2, 0.25) is 0 Å². The molecular formula is C15H16O. The van der Waals surface area contributed by atoms with E-state index < -0.39 is 0 Å². The minimum Gasteiger partial charge on any atom is -0.298 e. The number of rotatable bonds is 3. The SMILES string of the molecule is CCc1c(C=O)cc2ccccc2c1CC. The molecule has 0 atom stereocenters. The number of aldehydes is 1. The molecule has 0 radical (unpaired) electrons. The molecule has 0 aliphatic carbocycles. The van der Waals surface area contributed by atoms with Crippen molar-refractivity contribution in [2.45, 2.75) is 26.7 Å². The first-order valence-electron chi connectivity index (χ1n) is 5.80. The predicted molar refractivity (Wildman–Crippen MR) is 68.1 cm³/mol. The summed E-state index contributed by atoms with van der Waals surface area (Å²) >= 11 is 0. The fourth-order valence-electron chi connectivity index (χ4n) is 2.42. The maximum absolute atomic E-state index is 11.1. The van der Waals surface area contributed by atoms with Crippen LogP contribution in [0.3, 0.4) is 0 Å². The average molecular weight is 212 g/mol. The Balaban J connectivity index is 2.87. The highest BCUT2D eigenvalue weighted by Crippen LogP contribution is 2.26. The Kier molecular flexibility index (Phi) is 3.04. The second kappa shape index (κ2) is 4.48. The highest BCUT2D eigenvalue weighted by molar-refractivity contribution is 5.93. The minimum atomic E-state index is 0.845. The van der Waals surface area contributed by atoms with E-state index in [9.17, 15) is 4.79 Å². The van der Waals surface area contributed by atoms with Gasteiger partial charge in [0.25, 0.3) is 0 Å². The minimum absolute atomic E-state index is 0.845. The molecule has 0 spiro atoms. The van der Waals surface area contributed by atoms with E-state index in [1.807, 2.05) is 12.1 Å². The van der Waals surface area contributed by atoms with E-state index in [1.54, 1.807) is 0 Å². The third-order valence-electron chi connectivity index (χ3n) is 3.14. The van der Waals surface area contributed by atoms with Gasteiger partial charge in [-0.3, -0.25) is 4.79 Å². The fraction of sp³-hybridized carbons (Fsp3) is 0.267. The molecule has 0 N–H and O–H groups in total. The maximum atomic E-state index is 11.1. The van der Waals surface area contributed by atoms with Gasteiger partial charge in [-0.05, 0) is 40.8 Å². The van der Waals surface area contributed by atoms with Gasteiger partial charge in [0.1, 0.15) is 6.29 Å². The van der Waals surface area contributed by atoms with Gasteiger partial charge in [-0.15, -0.1) is 0 Å². The van der Waals surface area contributed by atoms with Gasteiger partial charge in [0.15, 0.2) is 0 Å². The van der Waals surface area contributed by atoms with Crippen molar-refractivity contribution < 1.29 is 4.79 Å². The Bertz CT molecular complexity index is 526. The van der Waals surface area contributed by atoms with Gasteiger partial charge in [-0.25, -0.2) is 0 Å². The average Bonchev–Trinajstić information content (AvgIpc) is 2.36. The number of carbonyl (C=O) groups excluding carboxylic acids is 1. The predicted octanol–water partition coefficient (Wildman–Crippen LogP) is 3.78. The first kappa shape index (κ1) is 10.9. The summed E-state index contributed by atoms with van der Waals surface area (Å²) in [4.78, 5) is 11.1. The monoisotopic (exact) mass is 212 g/mol. The van der Waals surface area contributed by atoms with Crippen LogP contribution in [0.4, 0.5) is 0 Å². The van der Waals surface area contributed by atoms with Crippen LogP contribution in [-0.2, 0) is 12.8 Å².